The van der Waals surface area contributed by atoms with Gasteiger partial charge in [-0.2, -0.15) is 0 Å². The first-order valence-corrected chi connectivity index (χ1v) is 6.39. The van der Waals surface area contributed by atoms with E-state index < -0.39 is 11.6 Å². The Balaban J connectivity index is 2.35. The van der Waals surface area contributed by atoms with Gasteiger partial charge in [-0.15, -0.1) is 0 Å². The van der Waals surface area contributed by atoms with Gasteiger partial charge in [0.05, 0.1) is 11.4 Å². The SMILES string of the molecule is Cc1cc(-c2ncnc3nc(C)c(C)nc23)c(F)cc1F. The number of hydrogen-bond donors (Lipinski definition) is 0. The summed E-state index contributed by atoms with van der Waals surface area (Å²) in [4.78, 5) is 16.9. The van der Waals surface area contributed by atoms with Crippen LogP contribution in [0.2, 0.25) is 0 Å². The van der Waals surface area contributed by atoms with E-state index in [9.17, 15) is 8.78 Å². The third-order valence-electron chi connectivity index (χ3n) is 3.38. The third-order valence-corrected chi connectivity index (χ3v) is 3.38. The number of aromatic nitrogens is 4. The van der Waals surface area contributed by atoms with E-state index in [1.807, 2.05) is 13.8 Å². The Kier molecular flexibility index (Phi) is 3.08. The smallest absolute Gasteiger partial charge is 0.182 e. The zero-order chi connectivity index (χ0) is 15.1. The quantitative estimate of drug-likeness (QED) is 0.689. The van der Waals surface area contributed by atoms with Crippen molar-refractivity contribution < 1.29 is 8.78 Å². The van der Waals surface area contributed by atoms with Crippen molar-refractivity contribution in [1.29, 1.82) is 0 Å². The lowest BCUT2D eigenvalue weighted by atomic mass is 10.1. The molecule has 2 heterocycles. The fraction of sp³-hybridized carbons (Fsp3) is 0.200. The van der Waals surface area contributed by atoms with E-state index in [1.54, 1.807) is 6.92 Å². The molecule has 1 aromatic carbocycles. The van der Waals surface area contributed by atoms with Gasteiger partial charge in [-0.3, -0.25) is 0 Å². The van der Waals surface area contributed by atoms with Crippen LogP contribution in [0.25, 0.3) is 22.4 Å². The predicted octanol–water partition coefficient (Wildman–Crippen LogP) is 3.29. The van der Waals surface area contributed by atoms with E-state index in [4.69, 9.17) is 0 Å². The Morgan fingerprint density at radius 3 is 2.33 bits per heavy atom. The number of fused-ring (bicyclic) bond motifs is 1. The van der Waals surface area contributed by atoms with Crippen LogP contribution in [0.1, 0.15) is 17.0 Å². The van der Waals surface area contributed by atoms with Gasteiger partial charge < -0.3 is 0 Å². The molecule has 0 radical (unpaired) electrons. The van der Waals surface area contributed by atoms with Gasteiger partial charge in [0, 0.05) is 11.6 Å². The summed E-state index contributed by atoms with van der Waals surface area (Å²) in [6, 6.07) is 2.27. The largest absolute Gasteiger partial charge is 0.246 e. The summed E-state index contributed by atoms with van der Waals surface area (Å²) in [5, 5.41) is 0. The molecule has 0 atom stereocenters. The molecule has 106 valence electrons. The predicted molar refractivity (Wildman–Crippen MR) is 74.7 cm³/mol. The second-order valence-electron chi connectivity index (χ2n) is 4.87. The summed E-state index contributed by atoms with van der Waals surface area (Å²) in [6.45, 7) is 5.21. The minimum atomic E-state index is -0.682. The number of rotatable bonds is 1. The standard InChI is InChI=1S/C15H12F2N4/c1-7-4-10(12(17)5-11(7)16)13-14-15(19-6-18-13)21-9(3)8(2)20-14/h4-6H,1-3H3. The summed E-state index contributed by atoms with van der Waals surface area (Å²) >= 11 is 0. The Bertz CT molecular complexity index is 862. The molecule has 3 rings (SSSR count). The summed E-state index contributed by atoms with van der Waals surface area (Å²) < 4.78 is 27.5. The molecule has 4 nitrogen and oxygen atoms in total. The van der Waals surface area contributed by atoms with Crippen molar-refractivity contribution in [2.45, 2.75) is 20.8 Å². The van der Waals surface area contributed by atoms with Crippen molar-refractivity contribution in [3.05, 3.63) is 47.0 Å². The second kappa shape index (κ2) is 4.80. The lowest BCUT2D eigenvalue weighted by Gasteiger charge is -2.08. The van der Waals surface area contributed by atoms with E-state index >= 15 is 0 Å². The van der Waals surface area contributed by atoms with Crippen LogP contribution in [-0.2, 0) is 0 Å². The highest BCUT2D eigenvalue weighted by Gasteiger charge is 2.16. The second-order valence-corrected chi connectivity index (χ2v) is 4.87. The molecule has 3 aromatic rings. The molecule has 0 saturated heterocycles. The molecule has 0 bridgehead atoms. The monoisotopic (exact) mass is 286 g/mol. The molecule has 0 saturated carbocycles. The van der Waals surface area contributed by atoms with Crippen molar-refractivity contribution in [3.63, 3.8) is 0 Å². The first-order chi connectivity index (χ1) is 9.97. The summed E-state index contributed by atoms with van der Waals surface area (Å²) in [5.74, 6) is -1.27. The van der Waals surface area contributed by atoms with Gasteiger partial charge in [0.25, 0.3) is 0 Å². The molecule has 0 N–H and O–H groups in total. The third kappa shape index (κ3) is 2.22. The van der Waals surface area contributed by atoms with Gasteiger partial charge >= 0.3 is 0 Å². The molecule has 0 aliphatic carbocycles. The molecular weight excluding hydrogens is 274 g/mol. The highest BCUT2D eigenvalue weighted by atomic mass is 19.1. The molecule has 0 amide bonds. The van der Waals surface area contributed by atoms with Crippen LogP contribution < -0.4 is 0 Å². The normalized spacial score (nSPS) is 11.1. The highest BCUT2D eigenvalue weighted by Crippen LogP contribution is 2.28. The Morgan fingerprint density at radius 2 is 1.57 bits per heavy atom. The maximum Gasteiger partial charge on any atom is 0.182 e. The zero-order valence-corrected chi connectivity index (χ0v) is 11.8. The number of halogens is 2. The molecule has 21 heavy (non-hydrogen) atoms. The number of hydrogen-bond acceptors (Lipinski definition) is 4. The van der Waals surface area contributed by atoms with E-state index in [-0.39, 0.29) is 5.56 Å². The van der Waals surface area contributed by atoms with Gasteiger partial charge in [0.1, 0.15) is 29.2 Å². The fourth-order valence-electron chi connectivity index (χ4n) is 2.08. The van der Waals surface area contributed by atoms with E-state index in [0.29, 0.717) is 22.4 Å². The van der Waals surface area contributed by atoms with Crippen molar-refractivity contribution in [2.24, 2.45) is 0 Å². The minimum absolute atomic E-state index is 0.193. The van der Waals surface area contributed by atoms with Crippen molar-refractivity contribution in [3.8, 4) is 11.3 Å². The zero-order valence-electron chi connectivity index (χ0n) is 11.8. The van der Waals surface area contributed by atoms with E-state index in [1.165, 1.54) is 12.4 Å². The van der Waals surface area contributed by atoms with E-state index in [0.717, 1.165) is 17.5 Å². The fourth-order valence-corrected chi connectivity index (χ4v) is 2.08. The van der Waals surface area contributed by atoms with Gasteiger partial charge in [0.2, 0.25) is 0 Å². The van der Waals surface area contributed by atoms with Gasteiger partial charge in [-0.1, -0.05) is 0 Å². The van der Waals surface area contributed by atoms with Crippen LogP contribution in [0.3, 0.4) is 0 Å². The molecule has 6 heteroatoms. The lowest BCUT2D eigenvalue weighted by Crippen LogP contribution is -2.00. The molecule has 2 aromatic heterocycles. The Hall–Kier alpha value is -2.50. The minimum Gasteiger partial charge on any atom is -0.246 e. The Labute approximate surface area is 119 Å². The lowest BCUT2D eigenvalue weighted by molar-refractivity contribution is 0.579. The molecule has 0 aliphatic heterocycles. The summed E-state index contributed by atoms with van der Waals surface area (Å²) in [5.41, 5.74) is 3.13. The van der Waals surface area contributed by atoms with Crippen molar-refractivity contribution >= 4 is 11.2 Å². The first kappa shape index (κ1) is 13.5. The van der Waals surface area contributed by atoms with Crippen LogP contribution in [0.15, 0.2) is 18.5 Å². The molecule has 0 spiro atoms. The number of nitrogens with zero attached hydrogens (tertiary/aromatic N) is 4. The Morgan fingerprint density at radius 1 is 0.857 bits per heavy atom. The topological polar surface area (TPSA) is 51.6 Å². The summed E-state index contributed by atoms with van der Waals surface area (Å²) in [7, 11) is 0. The number of aryl methyl sites for hydroxylation is 3. The molecular formula is C15H12F2N4. The summed E-state index contributed by atoms with van der Waals surface area (Å²) in [6.07, 6.45) is 1.30. The van der Waals surface area contributed by atoms with Crippen LogP contribution in [-0.4, -0.2) is 19.9 Å². The first-order valence-electron chi connectivity index (χ1n) is 6.39. The maximum atomic E-state index is 14.1. The average molecular weight is 286 g/mol. The molecule has 0 unspecified atom stereocenters. The van der Waals surface area contributed by atoms with Crippen molar-refractivity contribution in [1.82, 2.24) is 19.9 Å². The molecule has 0 fully saturated rings. The van der Waals surface area contributed by atoms with E-state index in [2.05, 4.69) is 19.9 Å². The highest BCUT2D eigenvalue weighted by molar-refractivity contribution is 5.86. The molecule has 0 aliphatic rings. The average Bonchev–Trinajstić information content (AvgIpc) is 2.44. The van der Waals surface area contributed by atoms with Crippen LogP contribution in [0.5, 0.6) is 0 Å². The number of benzene rings is 1. The van der Waals surface area contributed by atoms with Gasteiger partial charge in [0.15, 0.2) is 5.65 Å². The maximum absolute atomic E-state index is 14.1. The van der Waals surface area contributed by atoms with Gasteiger partial charge in [-0.25, -0.2) is 28.7 Å². The van der Waals surface area contributed by atoms with Crippen LogP contribution >= 0.6 is 0 Å². The van der Waals surface area contributed by atoms with Gasteiger partial charge in [-0.05, 0) is 32.4 Å². The van der Waals surface area contributed by atoms with Crippen LogP contribution in [0, 0.1) is 32.4 Å². The van der Waals surface area contributed by atoms with Crippen molar-refractivity contribution in [2.75, 3.05) is 0 Å². The van der Waals surface area contributed by atoms with Crippen LogP contribution in [0.4, 0.5) is 8.78 Å².